The molecule has 0 saturated heterocycles. The third-order valence-corrected chi connectivity index (χ3v) is 3.52. The van der Waals surface area contributed by atoms with Gasteiger partial charge in [0.15, 0.2) is 0 Å². The second-order valence-corrected chi connectivity index (χ2v) is 5.50. The fourth-order valence-electron chi connectivity index (χ4n) is 2.22. The highest BCUT2D eigenvalue weighted by Gasteiger charge is 2.10. The van der Waals surface area contributed by atoms with Gasteiger partial charge in [0.1, 0.15) is 5.84 Å². The molecule has 2 aromatic carbocycles. The lowest BCUT2D eigenvalue weighted by Crippen LogP contribution is -2.39. The highest BCUT2D eigenvalue weighted by molar-refractivity contribution is 5.97. The molecule has 0 bridgehead atoms. The molecule has 0 aliphatic rings. The number of urea groups is 1. The summed E-state index contributed by atoms with van der Waals surface area (Å²) in [6.45, 7) is 1.73. The van der Waals surface area contributed by atoms with Crippen LogP contribution in [-0.2, 0) is 4.79 Å². The van der Waals surface area contributed by atoms with Crippen LogP contribution in [0.2, 0.25) is 0 Å². The lowest BCUT2D eigenvalue weighted by molar-refractivity contribution is -0.120. The Labute approximate surface area is 146 Å². The van der Waals surface area contributed by atoms with Crippen molar-refractivity contribution in [3.63, 3.8) is 0 Å². The molecule has 0 aromatic heterocycles. The highest BCUT2D eigenvalue weighted by Crippen LogP contribution is 2.11. The van der Waals surface area contributed by atoms with E-state index in [0.717, 1.165) is 5.56 Å². The molecule has 2 aromatic rings. The van der Waals surface area contributed by atoms with E-state index in [1.807, 2.05) is 37.3 Å². The molecule has 0 saturated carbocycles. The summed E-state index contributed by atoms with van der Waals surface area (Å²) in [6.07, 6.45) is 0. The third kappa shape index (κ3) is 5.65. The van der Waals surface area contributed by atoms with Crippen LogP contribution in [0.15, 0.2) is 54.6 Å². The molecule has 7 heteroatoms. The standard InChI is InChI=1S/C18H21N5O2/c1-12(13-6-3-2-4-7-13)22-16(24)11-21-18(25)23-15-9-5-8-14(10-15)17(19)20/h2-10,12H,11H2,1H3,(H3,19,20)(H,22,24)(H2,21,23,25)/t12-/m1/s1. The van der Waals surface area contributed by atoms with Crippen molar-refractivity contribution in [3.8, 4) is 0 Å². The zero-order valence-corrected chi connectivity index (χ0v) is 13.9. The molecule has 2 rings (SSSR count). The lowest BCUT2D eigenvalue weighted by atomic mass is 10.1. The number of carbonyl (C=O) groups is 2. The van der Waals surface area contributed by atoms with E-state index in [9.17, 15) is 9.59 Å². The first-order chi connectivity index (χ1) is 12.0. The van der Waals surface area contributed by atoms with Crippen LogP contribution in [0.25, 0.3) is 0 Å². The van der Waals surface area contributed by atoms with Crippen LogP contribution in [0.5, 0.6) is 0 Å². The van der Waals surface area contributed by atoms with Crippen molar-refractivity contribution in [2.45, 2.75) is 13.0 Å². The normalized spacial score (nSPS) is 11.2. The SMILES string of the molecule is C[C@@H](NC(=O)CNC(=O)Nc1cccc(C(=N)N)c1)c1ccccc1. The molecular weight excluding hydrogens is 318 g/mol. The van der Waals surface area contributed by atoms with E-state index < -0.39 is 6.03 Å². The largest absolute Gasteiger partial charge is 0.384 e. The molecule has 0 aliphatic carbocycles. The van der Waals surface area contributed by atoms with E-state index in [-0.39, 0.29) is 24.3 Å². The molecule has 0 spiro atoms. The van der Waals surface area contributed by atoms with Gasteiger partial charge in [-0.3, -0.25) is 10.2 Å². The molecular formula is C18H21N5O2. The van der Waals surface area contributed by atoms with Crippen molar-refractivity contribution in [1.82, 2.24) is 10.6 Å². The first kappa shape index (κ1) is 18.0. The molecule has 0 radical (unpaired) electrons. The summed E-state index contributed by atoms with van der Waals surface area (Å²) >= 11 is 0. The number of amides is 3. The predicted octanol–water partition coefficient (Wildman–Crippen LogP) is 1.97. The number of rotatable bonds is 6. The van der Waals surface area contributed by atoms with Gasteiger partial charge in [0, 0.05) is 11.3 Å². The van der Waals surface area contributed by atoms with Crippen molar-refractivity contribution < 1.29 is 9.59 Å². The van der Waals surface area contributed by atoms with Crippen molar-refractivity contribution in [2.75, 3.05) is 11.9 Å². The molecule has 1 atom stereocenters. The maximum Gasteiger partial charge on any atom is 0.319 e. The van der Waals surface area contributed by atoms with Gasteiger partial charge in [-0.15, -0.1) is 0 Å². The van der Waals surface area contributed by atoms with Crippen LogP contribution >= 0.6 is 0 Å². The molecule has 3 amide bonds. The van der Waals surface area contributed by atoms with E-state index in [0.29, 0.717) is 11.3 Å². The fourth-order valence-corrected chi connectivity index (χ4v) is 2.22. The van der Waals surface area contributed by atoms with E-state index >= 15 is 0 Å². The summed E-state index contributed by atoms with van der Waals surface area (Å²) in [5, 5.41) is 15.3. The molecule has 7 nitrogen and oxygen atoms in total. The van der Waals surface area contributed by atoms with Crippen LogP contribution in [0.1, 0.15) is 24.1 Å². The Morgan fingerprint density at radius 3 is 2.52 bits per heavy atom. The Bertz CT molecular complexity index is 761. The summed E-state index contributed by atoms with van der Waals surface area (Å²) in [6, 6.07) is 15.5. The first-order valence-electron chi connectivity index (χ1n) is 7.79. The average molecular weight is 339 g/mol. The predicted molar refractivity (Wildman–Crippen MR) is 97.5 cm³/mol. The van der Waals surface area contributed by atoms with Gasteiger partial charge in [-0.05, 0) is 24.6 Å². The summed E-state index contributed by atoms with van der Waals surface area (Å²) in [4.78, 5) is 23.8. The number of amidine groups is 1. The number of carbonyl (C=O) groups excluding carboxylic acids is 2. The highest BCUT2D eigenvalue weighted by atomic mass is 16.2. The second-order valence-electron chi connectivity index (χ2n) is 5.50. The molecule has 0 unspecified atom stereocenters. The maximum atomic E-state index is 11.9. The van der Waals surface area contributed by atoms with E-state index in [4.69, 9.17) is 11.1 Å². The smallest absolute Gasteiger partial charge is 0.319 e. The molecule has 0 fully saturated rings. The summed E-state index contributed by atoms with van der Waals surface area (Å²) in [5.41, 5.74) is 7.39. The zero-order chi connectivity index (χ0) is 18.2. The third-order valence-electron chi connectivity index (χ3n) is 3.52. The summed E-state index contributed by atoms with van der Waals surface area (Å²) < 4.78 is 0. The van der Waals surface area contributed by atoms with Crippen LogP contribution < -0.4 is 21.7 Å². The topological polar surface area (TPSA) is 120 Å². The maximum absolute atomic E-state index is 11.9. The zero-order valence-electron chi connectivity index (χ0n) is 13.9. The van der Waals surface area contributed by atoms with Crippen molar-refractivity contribution in [2.24, 2.45) is 5.73 Å². The minimum absolute atomic E-state index is 0.0849. The Morgan fingerprint density at radius 2 is 1.84 bits per heavy atom. The number of hydrogen-bond acceptors (Lipinski definition) is 3. The monoisotopic (exact) mass is 339 g/mol. The molecule has 0 heterocycles. The quantitative estimate of drug-likeness (QED) is 0.409. The molecule has 130 valence electrons. The van der Waals surface area contributed by atoms with Gasteiger partial charge in [-0.25, -0.2) is 4.79 Å². The number of nitrogen functional groups attached to an aromatic ring is 1. The van der Waals surface area contributed by atoms with Crippen molar-refractivity contribution in [1.29, 1.82) is 5.41 Å². The van der Waals surface area contributed by atoms with Gasteiger partial charge in [0.05, 0.1) is 12.6 Å². The number of nitrogens with two attached hydrogens (primary N) is 1. The molecule has 6 N–H and O–H groups in total. The average Bonchev–Trinajstić information content (AvgIpc) is 2.61. The van der Waals surface area contributed by atoms with Gasteiger partial charge in [-0.2, -0.15) is 0 Å². The first-order valence-corrected chi connectivity index (χ1v) is 7.79. The minimum atomic E-state index is -0.511. The Morgan fingerprint density at radius 1 is 1.12 bits per heavy atom. The van der Waals surface area contributed by atoms with Crippen molar-refractivity contribution in [3.05, 3.63) is 65.7 Å². The Balaban J connectivity index is 1.80. The number of anilines is 1. The van der Waals surface area contributed by atoms with Crippen LogP contribution in [0.4, 0.5) is 10.5 Å². The van der Waals surface area contributed by atoms with Gasteiger partial charge >= 0.3 is 6.03 Å². The van der Waals surface area contributed by atoms with E-state index in [1.165, 1.54) is 0 Å². The number of nitrogens with one attached hydrogen (secondary N) is 4. The number of benzene rings is 2. The second kappa shape index (κ2) is 8.49. The summed E-state index contributed by atoms with van der Waals surface area (Å²) in [7, 11) is 0. The van der Waals surface area contributed by atoms with Gasteiger partial charge in [0.2, 0.25) is 5.91 Å². The van der Waals surface area contributed by atoms with Crippen LogP contribution in [0.3, 0.4) is 0 Å². The van der Waals surface area contributed by atoms with Gasteiger partial charge in [-0.1, -0.05) is 42.5 Å². The molecule has 25 heavy (non-hydrogen) atoms. The lowest BCUT2D eigenvalue weighted by Gasteiger charge is -2.15. The van der Waals surface area contributed by atoms with Gasteiger partial charge < -0.3 is 21.7 Å². The number of hydrogen-bond donors (Lipinski definition) is 5. The Kier molecular flexibility index (Phi) is 6.11. The summed E-state index contributed by atoms with van der Waals surface area (Å²) in [5.74, 6) is -0.373. The Hall–Kier alpha value is -3.35. The minimum Gasteiger partial charge on any atom is -0.384 e. The van der Waals surface area contributed by atoms with Crippen LogP contribution in [0, 0.1) is 5.41 Å². The van der Waals surface area contributed by atoms with Crippen LogP contribution in [-0.4, -0.2) is 24.3 Å². The van der Waals surface area contributed by atoms with Gasteiger partial charge in [0.25, 0.3) is 0 Å². The van der Waals surface area contributed by atoms with Crippen molar-refractivity contribution >= 4 is 23.5 Å². The van der Waals surface area contributed by atoms with E-state index in [2.05, 4.69) is 16.0 Å². The molecule has 0 aliphatic heterocycles. The fraction of sp³-hybridized carbons (Fsp3) is 0.167. The van der Waals surface area contributed by atoms with E-state index in [1.54, 1.807) is 24.3 Å².